The zero-order valence-electron chi connectivity index (χ0n) is 6.71. The SMILES string of the molecule is COc1c(F)cccc1C1CO1. The van der Waals surface area contributed by atoms with Gasteiger partial charge in [-0.05, 0) is 6.07 Å². The van der Waals surface area contributed by atoms with E-state index in [4.69, 9.17) is 9.47 Å². The zero-order chi connectivity index (χ0) is 8.55. The van der Waals surface area contributed by atoms with Crippen LogP contribution in [0.3, 0.4) is 0 Å². The van der Waals surface area contributed by atoms with E-state index < -0.39 is 0 Å². The van der Waals surface area contributed by atoms with E-state index in [0.29, 0.717) is 12.4 Å². The molecule has 0 spiro atoms. The summed E-state index contributed by atoms with van der Waals surface area (Å²) in [5, 5.41) is 0. The molecule has 2 nitrogen and oxygen atoms in total. The molecule has 1 saturated heterocycles. The average Bonchev–Trinajstić information content (AvgIpc) is 2.86. The minimum Gasteiger partial charge on any atom is -0.493 e. The molecule has 2 rings (SSSR count). The highest BCUT2D eigenvalue weighted by Gasteiger charge is 2.29. The van der Waals surface area contributed by atoms with Crippen LogP contribution < -0.4 is 4.74 Å². The summed E-state index contributed by atoms with van der Waals surface area (Å²) in [5.74, 6) is -0.0227. The second-order valence-corrected chi connectivity index (χ2v) is 2.68. The number of hydrogen-bond donors (Lipinski definition) is 0. The molecule has 1 aliphatic rings. The minimum absolute atomic E-state index is 0.0376. The lowest BCUT2D eigenvalue weighted by Gasteiger charge is -2.05. The Morgan fingerprint density at radius 1 is 1.58 bits per heavy atom. The maximum Gasteiger partial charge on any atom is 0.165 e. The topological polar surface area (TPSA) is 21.8 Å². The summed E-state index contributed by atoms with van der Waals surface area (Å²) in [6, 6.07) is 4.86. The third-order valence-corrected chi connectivity index (χ3v) is 1.88. The predicted molar refractivity (Wildman–Crippen MR) is 41.6 cm³/mol. The molecule has 1 aliphatic heterocycles. The Morgan fingerprint density at radius 3 is 2.92 bits per heavy atom. The van der Waals surface area contributed by atoms with E-state index in [1.165, 1.54) is 13.2 Å². The van der Waals surface area contributed by atoms with Gasteiger partial charge in [-0.3, -0.25) is 0 Å². The van der Waals surface area contributed by atoms with E-state index in [0.717, 1.165) is 5.56 Å². The third-order valence-electron chi connectivity index (χ3n) is 1.88. The Morgan fingerprint density at radius 2 is 2.33 bits per heavy atom. The molecule has 0 amide bonds. The normalized spacial score (nSPS) is 20.7. The first-order valence-electron chi connectivity index (χ1n) is 3.77. The maximum atomic E-state index is 13.1. The van der Waals surface area contributed by atoms with Crippen LogP contribution in [0, 0.1) is 5.82 Å². The summed E-state index contributed by atoms with van der Waals surface area (Å²) in [4.78, 5) is 0. The van der Waals surface area contributed by atoms with Gasteiger partial charge in [-0.2, -0.15) is 0 Å². The van der Waals surface area contributed by atoms with Crippen LogP contribution in [0.15, 0.2) is 18.2 Å². The number of benzene rings is 1. The number of epoxide rings is 1. The molecule has 0 aromatic heterocycles. The number of rotatable bonds is 2. The van der Waals surface area contributed by atoms with Gasteiger partial charge in [0.1, 0.15) is 6.10 Å². The number of methoxy groups -OCH3 is 1. The molecule has 1 aromatic carbocycles. The quantitative estimate of drug-likeness (QED) is 0.629. The van der Waals surface area contributed by atoms with E-state index in [1.807, 2.05) is 6.07 Å². The van der Waals surface area contributed by atoms with Gasteiger partial charge in [-0.15, -0.1) is 0 Å². The van der Waals surface area contributed by atoms with Crippen molar-refractivity contribution in [2.24, 2.45) is 0 Å². The molecule has 1 fully saturated rings. The molecular weight excluding hydrogens is 159 g/mol. The highest BCUT2D eigenvalue weighted by atomic mass is 19.1. The van der Waals surface area contributed by atoms with E-state index in [2.05, 4.69) is 0 Å². The van der Waals surface area contributed by atoms with Crippen molar-refractivity contribution in [2.45, 2.75) is 6.10 Å². The van der Waals surface area contributed by atoms with Gasteiger partial charge in [0, 0.05) is 5.56 Å². The highest BCUT2D eigenvalue weighted by Crippen LogP contribution is 2.37. The van der Waals surface area contributed by atoms with Gasteiger partial charge >= 0.3 is 0 Å². The van der Waals surface area contributed by atoms with Crippen molar-refractivity contribution in [1.82, 2.24) is 0 Å². The smallest absolute Gasteiger partial charge is 0.165 e. The Labute approximate surface area is 69.9 Å². The van der Waals surface area contributed by atoms with E-state index in [1.54, 1.807) is 6.07 Å². The first-order chi connectivity index (χ1) is 5.83. The first kappa shape index (κ1) is 7.55. The van der Waals surface area contributed by atoms with Crippen LogP contribution in [-0.2, 0) is 4.74 Å². The van der Waals surface area contributed by atoms with Gasteiger partial charge in [0.25, 0.3) is 0 Å². The number of hydrogen-bond acceptors (Lipinski definition) is 2. The summed E-state index contributed by atoms with van der Waals surface area (Å²) in [5.41, 5.74) is 0.803. The van der Waals surface area contributed by atoms with Crippen molar-refractivity contribution in [3.05, 3.63) is 29.6 Å². The second-order valence-electron chi connectivity index (χ2n) is 2.68. The summed E-state index contributed by atoms with van der Waals surface area (Å²) in [6.07, 6.45) is 0.0376. The van der Waals surface area contributed by atoms with Crippen LogP contribution in [0.25, 0.3) is 0 Å². The molecule has 0 bridgehead atoms. The molecule has 1 unspecified atom stereocenters. The van der Waals surface area contributed by atoms with Crippen LogP contribution in [0.4, 0.5) is 4.39 Å². The molecule has 0 radical (unpaired) electrons. The minimum atomic E-state index is -0.328. The van der Waals surface area contributed by atoms with Gasteiger partial charge in [-0.1, -0.05) is 12.1 Å². The van der Waals surface area contributed by atoms with Crippen molar-refractivity contribution >= 4 is 0 Å². The van der Waals surface area contributed by atoms with Gasteiger partial charge in [0.15, 0.2) is 11.6 Å². The van der Waals surface area contributed by atoms with Gasteiger partial charge in [0.05, 0.1) is 13.7 Å². The number of ether oxygens (including phenoxy) is 2. The summed E-state index contributed by atoms with van der Waals surface area (Å²) in [6.45, 7) is 0.666. The van der Waals surface area contributed by atoms with E-state index >= 15 is 0 Å². The summed E-state index contributed by atoms with van der Waals surface area (Å²) >= 11 is 0. The van der Waals surface area contributed by atoms with Crippen molar-refractivity contribution in [3.8, 4) is 5.75 Å². The molecule has 1 aromatic rings. The fraction of sp³-hybridized carbons (Fsp3) is 0.333. The predicted octanol–water partition coefficient (Wildman–Crippen LogP) is 1.91. The monoisotopic (exact) mass is 168 g/mol. The Balaban J connectivity index is 2.43. The fourth-order valence-corrected chi connectivity index (χ4v) is 1.22. The van der Waals surface area contributed by atoms with Crippen LogP contribution in [0.1, 0.15) is 11.7 Å². The first-order valence-corrected chi connectivity index (χ1v) is 3.77. The average molecular weight is 168 g/mol. The van der Waals surface area contributed by atoms with Crippen molar-refractivity contribution < 1.29 is 13.9 Å². The lowest BCUT2D eigenvalue weighted by molar-refractivity contribution is 0.364. The molecule has 12 heavy (non-hydrogen) atoms. The Bertz CT molecular complexity index is 295. The van der Waals surface area contributed by atoms with E-state index in [-0.39, 0.29) is 11.9 Å². The van der Waals surface area contributed by atoms with E-state index in [9.17, 15) is 4.39 Å². The molecule has 64 valence electrons. The lowest BCUT2D eigenvalue weighted by atomic mass is 10.1. The molecule has 1 heterocycles. The molecule has 0 aliphatic carbocycles. The van der Waals surface area contributed by atoms with Crippen LogP contribution >= 0.6 is 0 Å². The summed E-state index contributed by atoms with van der Waals surface area (Å²) in [7, 11) is 1.46. The fourth-order valence-electron chi connectivity index (χ4n) is 1.22. The maximum absolute atomic E-state index is 13.1. The molecular formula is C9H9FO2. The molecule has 0 saturated carbocycles. The van der Waals surface area contributed by atoms with Gasteiger partial charge < -0.3 is 9.47 Å². The van der Waals surface area contributed by atoms with Gasteiger partial charge in [-0.25, -0.2) is 4.39 Å². The van der Waals surface area contributed by atoms with Crippen molar-refractivity contribution in [1.29, 1.82) is 0 Å². The third kappa shape index (κ3) is 1.16. The standard InChI is InChI=1S/C9H9FO2/c1-11-9-6(8-5-12-8)3-2-4-7(9)10/h2-4,8H,5H2,1H3. The van der Waals surface area contributed by atoms with Crippen LogP contribution in [0.5, 0.6) is 5.75 Å². The van der Waals surface area contributed by atoms with Gasteiger partial charge in [0.2, 0.25) is 0 Å². The Kier molecular flexibility index (Phi) is 1.73. The number of halogens is 1. The van der Waals surface area contributed by atoms with Crippen molar-refractivity contribution in [2.75, 3.05) is 13.7 Å². The Hall–Kier alpha value is -1.09. The summed E-state index contributed by atoms with van der Waals surface area (Å²) < 4.78 is 23.0. The molecule has 0 N–H and O–H groups in total. The van der Waals surface area contributed by atoms with Crippen LogP contribution in [-0.4, -0.2) is 13.7 Å². The second kappa shape index (κ2) is 2.75. The van der Waals surface area contributed by atoms with Crippen LogP contribution in [0.2, 0.25) is 0 Å². The molecule has 3 heteroatoms. The zero-order valence-corrected chi connectivity index (χ0v) is 6.71. The largest absolute Gasteiger partial charge is 0.493 e. The highest BCUT2D eigenvalue weighted by molar-refractivity contribution is 5.38. The number of para-hydroxylation sites is 1. The van der Waals surface area contributed by atoms with Crippen molar-refractivity contribution in [3.63, 3.8) is 0 Å². The lowest BCUT2D eigenvalue weighted by Crippen LogP contribution is -1.93. The molecule has 1 atom stereocenters.